The van der Waals surface area contributed by atoms with Crippen LogP contribution in [0, 0.1) is 5.41 Å². The van der Waals surface area contributed by atoms with Crippen LogP contribution in [0.2, 0.25) is 0 Å². The molecular weight excluding hydrogens is 228 g/mol. The molecule has 0 saturated heterocycles. The number of nitrogens with one attached hydrogen (secondary N) is 2. The van der Waals surface area contributed by atoms with E-state index in [1.54, 1.807) is 13.4 Å². The Bertz CT molecular complexity index is 408. The molecule has 0 radical (unpaired) electrons. The van der Waals surface area contributed by atoms with Gasteiger partial charge in [-0.15, -0.1) is 0 Å². The Morgan fingerprint density at radius 3 is 2.72 bits per heavy atom. The lowest BCUT2D eigenvalue weighted by molar-refractivity contribution is -0.0795. The van der Waals surface area contributed by atoms with Crippen LogP contribution in [0.25, 0.3) is 0 Å². The van der Waals surface area contributed by atoms with Crippen molar-refractivity contribution >= 4 is 11.6 Å². The SMILES string of the molecule is CCNc1cc(NC2CC(OC)C2(C)C)ncn1. The molecule has 5 nitrogen and oxygen atoms in total. The van der Waals surface area contributed by atoms with Gasteiger partial charge in [0.2, 0.25) is 0 Å². The van der Waals surface area contributed by atoms with Crippen LogP contribution < -0.4 is 10.6 Å². The van der Waals surface area contributed by atoms with Gasteiger partial charge in [-0.3, -0.25) is 0 Å². The van der Waals surface area contributed by atoms with Crippen LogP contribution >= 0.6 is 0 Å². The van der Waals surface area contributed by atoms with E-state index in [9.17, 15) is 0 Å². The minimum Gasteiger partial charge on any atom is -0.381 e. The van der Waals surface area contributed by atoms with Crippen molar-refractivity contribution in [3.8, 4) is 0 Å². The van der Waals surface area contributed by atoms with E-state index < -0.39 is 0 Å². The summed E-state index contributed by atoms with van der Waals surface area (Å²) >= 11 is 0. The Labute approximate surface area is 108 Å². The first-order valence-electron chi connectivity index (χ1n) is 6.43. The Morgan fingerprint density at radius 2 is 2.11 bits per heavy atom. The summed E-state index contributed by atoms with van der Waals surface area (Å²) in [6.07, 6.45) is 2.93. The number of rotatable bonds is 5. The van der Waals surface area contributed by atoms with Crippen molar-refractivity contribution in [2.45, 2.75) is 39.3 Å². The molecule has 0 bridgehead atoms. The second-order valence-electron chi connectivity index (χ2n) is 5.30. The molecule has 1 aliphatic carbocycles. The van der Waals surface area contributed by atoms with E-state index in [4.69, 9.17) is 4.74 Å². The monoisotopic (exact) mass is 250 g/mol. The van der Waals surface area contributed by atoms with Crippen molar-refractivity contribution in [1.82, 2.24) is 9.97 Å². The maximum atomic E-state index is 5.45. The molecule has 0 amide bonds. The van der Waals surface area contributed by atoms with Gasteiger partial charge in [-0.25, -0.2) is 9.97 Å². The molecule has 0 spiro atoms. The summed E-state index contributed by atoms with van der Waals surface area (Å²) in [6.45, 7) is 7.34. The van der Waals surface area contributed by atoms with Crippen molar-refractivity contribution in [2.75, 3.05) is 24.3 Å². The first-order valence-corrected chi connectivity index (χ1v) is 6.43. The van der Waals surface area contributed by atoms with Crippen LogP contribution in [0.15, 0.2) is 12.4 Å². The predicted molar refractivity (Wildman–Crippen MR) is 72.8 cm³/mol. The van der Waals surface area contributed by atoms with Gasteiger partial charge >= 0.3 is 0 Å². The normalized spacial score (nSPS) is 25.3. The minimum atomic E-state index is 0.137. The van der Waals surface area contributed by atoms with E-state index in [0.717, 1.165) is 24.6 Å². The van der Waals surface area contributed by atoms with Crippen molar-refractivity contribution in [3.05, 3.63) is 12.4 Å². The summed E-state index contributed by atoms with van der Waals surface area (Å²) in [7, 11) is 1.77. The molecule has 1 heterocycles. The van der Waals surface area contributed by atoms with E-state index in [-0.39, 0.29) is 5.41 Å². The van der Waals surface area contributed by atoms with E-state index in [1.807, 2.05) is 13.0 Å². The fourth-order valence-corrected chi connectivity index (χ4v) is 2.42. The summed E-state index contributed by atoms with van der Waals surface area (Å²) in [5.41, 5.74) is 0.137. The largest absolute Gasteiger partial charge is 0.381 e. The fourth-order valence-electron chi connectivity index (χ4n) is 2.42. The molecule has 5 heteroatoms. The van der Waals surface area contributed by atoms with Crippen molar-refractivity contribution in [1.29, 1.82) is 0 Å². The van der Waals surface area contributed by atoms with Crippen molar-refractivity contribution in [2.24, 2.45) is 5.41 Å². The van der Waals surface area contributed by atoms with E-state index >= 15 is 0 Å². The smallest absolute Gasteiger partial charge is 0.131 e. The van der Waals surface area contributed by atoms with Gasteiger partial charge < -0.3 is 15.4 Å². The van der Waals surface area contributed by atoms with E-state index in [1.165, 1.54) is 0 Å². The number of methoxy groups -OCH3 is 1. The lowest BCUT2D eigenvalue weighted by atomic mass is 9.64. The second kappa shape index (κ2) is 5.10. The van der Waals surface area contributed by atoms with Gasteiger partial charge in [0, 0.05) is 31.2 Å². The molecule has 18 heavy (non-hydrogen) atoms. The highest BCUT2D eigenvalue weighted by molar-refractivity contribution is 5.47. The lowest BCUT2D eigenvalue weighted by Crippen LogP contribution is -2.57. The highest BCUT2D eigenvalue weighted by atomic mass is 16.5. The molecule has 100 valence electrons. The Morgan fingerprint density at radius 1 is 1.39 bits per heavy atom. The van der Waals surface area contributed by atoms with Crippen LogP contribution in [0.3, 0.4) is 0 Å². The summed E-state index contributed by atoms with van der Waals surface area (Å²) in [4.78, 5) is 8.42. The predicted octanol–water partition coefficient (Wildman–Crippen LogP) is 2.13. The second-order valence-corrected chi connectivity index (χ2v) is 5.30. The fraction of sp³-hybridized carbons (Fsp3) is 0.692. The van der Waals surface area contributed by atoms with Gasteiger partial charge in [0.1, 0.15) is 18.0 Å². The van der Waals surface area contributed by atoms with Crippen molar-refractivity contribution in [3.63, 3.8) is 0 Å². The molecule has 2 rings (SSSR count). The number of hydrogen-bond donors (Lipinski definition) is 2. The Kier molecular flexibility index (Phi) is 3.71. The topological polar surface area (TPSA) is 59.1 Å². The maximum Gasteiger partial charge on any atom is 0.131 e. The summed E-state index contributed by atoms with van der Waals surface area (Å²) in [5.74, 6) is 1.73. The average molecular weight is 250 g/mol. The zero-order chi connectivity index (χ0) is 13.2. The molecule has 1 aliphatic rings. The summed E-state index contributed by atoms with van der Waals surface area (Å²) in [6, 6.07) is 2.34. The van der Waals surface area contributed by atoms with Gasteiger partial charge in [0.25, 0.3) is 0 Å². The zero-order valence-electron chi connectivity index (χ0n) is 11.5. The number of nitrogens with zero attached hydrogens (tertiary/aromatic N) is 2. The molecule has 1 aromatic rings. The van der Waals surface area contributed by atoms with Gasteiger partial charge in [-0.2, -0.15) is 0 Å². The van der Waals surface area contributed by atoms with Gasteiger partial charge in [0.05, 0.1) is 6.10 Å². The summed E-state index contributed by atoms with van der Waals surface area (Å²) < 4.78 is 5.45. The molecule has 2 unspecified atom stereocenters. The molecule has 1 fully saturated rings. The minimum absolute atomic E-state index is 0.137. The van der Waals surface area contributed by atoms with Gasteiger partial charge in [-0.05, 0) is 13.3 Å². The quantitative estimate of drug-likeness (QED) is 0.838. The summed E-state index contributed by atoms with van der Waals surface area (Å²) in [5, 5.41) is 6.64. The van der Waals surface area contributed by atoms with E-state index in [0.29, 0.717) is 12.1 Å². The first-order chi connectivity index (χ1) is 8.57. The lowest BCUT2D eigenvalue weighted by Gasteiger charge is -2.51. The molecule has 2 N–H and O–H groups in total. The highest BCUT2D eigenvalue weighted by Gasteiger charge is 2.48. The first kappa shape index (κ1) is 13.1. The maximum absolute atomic E-state index is 5.45. The standard InChI is InChI=1S/C13H22N4O/c1-5-14-11-7-12(16-8-15-11)17-9-6-10(18-4)13(9,2)3/h7-10H,5-6H2,1-4H3,(H2,14,15,16,17). The van der Waals surface area contributed by atoms with Gasteiger partial charge in [0.15, 0.2) is 0 Å². The third kappa shape index (κ3) is 2.41. The van der Waals surface area contributed by atoms with Crippen LogP contribution in [0.1, 0.15) is 27.2 Å². The number of aromatic nitrogens is 2. The van der Waals surface area contributed by atoms with Gasteiger partial charge in [-0.1, -0.05) is 13.8 Å². The van der Waals surface area contributed by atoms with Crippen LogP contribution in [-0.4, -0.2) is 35.8 Å². The molecule has 0 aliphatic heterocycles. The van der Waals surface area contributed by atoms with Crippen LogP contribution in [0.4, 0.5) is 11.6 Å². The number of hydrogen-bond acceptors (Lipinski definition) is 5. The molecular formula is C13H22N4O. The van der Waals surface area contributed by atoms with Crippen LogP contribution in [-0.2, 0) is 4.74 Å². The highest BCUT2D eigenvalue weighted by Crippen LogP contribution is 2.43. The Balaban J connectivity index is 2.00. The average Bonchev–Trinajstić information content (AvgIpc) is 2.35. The molecule has 0 aromatic carbocycles. The van der Waals surface area contributed by atoms with Crippen LogP contribution in [0.5, 0.6) is 0 Å². The molecule has 1 aromatic heterocycles. The number of anilines is 2. The third-order valence-electron chi connectivity index (χ3n) is 3.81. The molecule has 2 atom stereocenters. The number of ether oxygens (including phenoxy) is 1. The third-order valence-corrected chi connectivity index (χ3v) is 3.81. The van der Waals surface area contributed by atoms with E-state index in [2.05, 4.69) is 34.4 Å². The molecule has 1 saturated carbocycles. The Hall–Kier alpha value is -1.36. The van der Waals surface area contributed by atoms with Crippen molar-refractivity contribution < 1.29 is 4.74 Å². The zero-order valence-corrected chi connectivity index (χ0v) is 11.5.